The van der Waals surface area contributed by atoms with Crippen molar-refractivity contribution in [1.82, 2.24) is 5.32 Å². The Morgan fingerprint density at radius 1 is 1.13 bits per heavy atom. The van der Waals surface area contributed by atoms with Gasteiger partial charge in [0.1, 0.15) is 18.3 Å². The summed E-state index contributed by atoms with van der Waals surface area (Å²) in [5.74, 6) is -1.71. The fourth-order valence-electron chi connectivity index (χ4n) is 3.89. The number of nitrogens with one attached hydrogen (secondary N) is 1. The Labute approximate surface area is 175 Å². The standard InChI is InChI=1S/C21H29NO8/c1-21(2)29-18-17(27-5)16(28-20(18)30-21)13(11-14(23)25-3)22-19(24)15(26-4)12-9-7-6-8-10-12/h6-10,13,15-18,20H,11H2,1-5H3,(H,22,24)/t13-,15+,16-,17-,18-,20-/m1/s1. The number of fused-ring (bicyclic) bond motifs is 1. The van der Waals surface area contributed by atoms with Crippen molar-refractivity contribution in [2.75, 3.05) is 21.3 Å². The van der Waals surface area contributed by atoms with Crippen LogP contribution in [0.5, 0.6) is 0 Å². The highest BCUT2D eigenvalue weighted by atomic mass is 16.8. The third-order valence-electron chi connectivity index (χ3n) is 5.21. The second-order valence-electron chi connectivity index (χ2n) is 7.69. The fourth-order valence-corrected chi connectivity index (χ4v) is 3.89. The van der Waals surface area contributed by atoms with E-state index in [0.717, 1.165) is 0 Å². The van der Waals surface area contributed by atoms with Crippen LogP contribution in [0.1, 0.15) is 31.9 Å². The maximum Gasteiger partial charge on any atom is 0.307 e. The first-order chi connectivity index (χ1) is 14.3. The number of carbonyl (C=O) groups excluding carboxylic acids is 2. The summed E-state index contributed by atoms with van der Waals surface area (Å²) >= 11 is 0. The van der Waals surface area contributed by atoms with Gasteiger partial charge in [0.25, 0.3) is 5.91 Å². The summed E-state index contributed by atoms with van der Waals surface area (Å²) in [7, 11) is 4.26. The third kappa shape index (κ3) is 4.81. The van der Waals surface area contributed by atoms with Crippen LogP contribution < -0.4 is 5.32 Å². The number of hydrogen-bond acceptors (Lipinski definition) is 8. The number of rotatable bonds is 8. The number of carbonyl (C=O) groups is 2. The Balaban J connectivity index is 1.79. The zero-order chi connectivity index (χ0) is 21.9. The lowest BCUT2D eigenvalue weighted by molar-refractivity contribution is -0.220. The van der Waals surface area contributed by atoms with Gasteiger partial charge in [-0.05, 0) is 19.4 Å². The fraction of sp³-hybridized carbons (Fsp3) is 0.619. The molecule has 2 fully saturated rings. The van der Waals surface area contributed by atoms with Gasteiger partial charge < -0.3 is 33.7 Å². The van der Waals surface area contributed by atoms with Crippen LogP contribution in [0.3, 0.4) is 0 Å². The average Bonchev–Trinajstić information content (AvgIpc) is 3.19. The first-order valence-electron chi connectivity index (χ1n) is 9.78. The molecule has 166 valence electrons. The molecule has 3 rings (SSSR count). The van der Waals surface area contributed by atoms with Crippen molar-refractivity contribution < 1.29 is 38.0 Å². The predicted octanol–water partition coefficient (Wildman–Crippen LogP) is 1.31. The Morgan fingerprint density at radius 3 is 2.43 bits per heavy atom. The normalized spacial score (nSPS) is 29.1. The highest BCUT2D eigenvalue weighted by molar-refractivity contribution is 5.83. The van der Waals surface area contributed by atoms with Crippen molar-refractivity contribution >= 4 is 11.9 Å². The molecule has 6 atom stereocenters. The van der Waals surface area contributed by atoms with E-state index in [2.05, 4.69) is 5.32 Å². The second-order valence-corrected chi connectivity index (χ2v) is 7.69. The van der Waals surface area contributed by atoms with Gasteiger partial charge >= 0.3 is 5.97 Å². The van der Waals surface area contributed by atoms with Gasteiger partial charge in [-0.3, -0.25) is 9.59 Å². The molecule has 0 radical (unpaired) electrons. The van der Waals surface area contributed by atoms with Crippen molar-refractivity contribution in [1.29, 1.82) is 0 Å². The van der Waals surface area contributed by atoms with Gasteiger partial charge in [0.15, 0.2) is 18.2 Å². The van der Waals surface area contributed by atoms with Crippen LogP contribution in [-0.4, -0.2) is 69.6 Å². The van der Waals surface area contributed by atoms with Crippen molar-refractivity contribution in [3.8, 4) is 0 Å². The molecular weight excluding hydrogens is 394 g/mol. The molecule has 1 N–H and O–H groups in total. The van der Waals surface area contributed by atoms with Crippen molar-refractivity contribution in [2.45, 2.75) is 62.8 Å². The number of benzene rings is 1. The van der Waals surface area contributed by atoms with Gasteiger partial charge in [0.05, 0.1) is 19.6 Å². The Bertz CT molecular complexity index is 740. The minimum Gasteiger partial charge on any atom is -0.469 e. The molecule has 0 unspecified atom stereocenters. The molecule has 2 heterocycles. The monoisotopic (exact) mass is 423 g/mol. The predicted molar refractivity (Wildman–Crippen MR) is 104 cm³/mol. The molecule has 1 aromatic rings. The van der Waals surface area contributed by atoms with Crippen molar-refractivity contribution in [2.24, 2.45) is 0 Å². The van der Waals surface area contributed by atoms with Crippen molar-refractivity contribution in [3.05, 3.63) is 35.9 Å². The average molecular weight is 423 g/mol. The van der Waals surface area contributed by atoms with Gasteiger partial charge in [-0.1, -0.05) is 30.3 Å². The van der Waals surface area contributed by atoms with E-state index in [4.69, 9.17) is 28.4 Å². The highest BCUT2D eigenvalue weighted by Gasteiger charge is 2.57. The highest BCUT2D eigenvalue weighted by Crippen LogP contribution is 2.40. The SMILES string of the molecule is COC(=O)C[C@@H](NC(=O)[C@@H](OC)c1ccccc1)[C@H]1O[C@@H]2OC(C)(C)O[C@@H]2[C@@H]1OC. The smallest absolute Gasteiger partial charge is 0.307 e. The molecule has 1 amide bonds. The molecule has 0 saturated carbocycles. The van der Waals surface area contributed by atoms with E-state index in [1.807, 2.05) is 18.2 Å². The van der Waals surface area contributed by atoms with E-state index < -0.39 is 54.4 Å². The van der Waals surface area contributed by atoms with E-state index in [1.54, 1.807) is 26.0 Å². The lowest BCUT2D eigenvalue weighted by atomic mass is 9.99. The molecule has 0 aromatic heterocycles. The number of hydrogen-bond donors (Lipinski definition) is 1. The molecule has 0 aliphatic carbocycles. The number of esters is 1. The van der Waals surface area contributed by atoms with Gasteiger partial charge in [0.2, 0.25) is 0 Å². The van der Waals surface area contributed by atoms with E-state index in [0.29, 0.717) is 5.56 Å². The molecule has 2 aliphatic rings. The topological polar surface area (TPSA) is 102 Å². The maximum atomic E-state index is 13.0. The summed E-state index contributed by atoms with van der Waals surface area (Å²) in [6, 6.07) is 8.34. The minimum absolute atomic E-state index is 0.110. The van der Waals surface area contributed by atoms with E-state index in [-0.39, 0.29) is 6.42 Å². The second kappa shape index (κ2) is 9.40. The Hall–Kier alpha value is -2.04. The molecule has 2 aliphatic heterocycles. The van der Waals surface area contributed by atoms with Gasteiger partial charge in [-0.15, -0.1) is 0 Å². The minimum atomic E-state index is -0.848. The maximum absolute atomic E-state index is 13.0. The summed E-state index contributed by atoms with van der Waals surface area (Å²) in [5, 5.41) is 2.87. The molecule has 0 bridgehead atoms. The molecule has 9 nitrogen and oxygen atoms in total. The van der Waals surface area contributed by atoms with Crippen molar-refractivity contribution in [3.63, 3.8) is 0 Å². The summed E-state index contributed by atoms with van der Waals surface area (Å²) in [5.41, 5.74) is 0.690. The number of amides is 1. The first-order valence-corrected chi connectivity index (χ1v) is 9.78. The van der Waals surface area contributed by atoms with Crippen LogP contribution >= 0.6 is 0 Å². The van der Waals surface area contributed by atoms with Crippen LogP contribution in [0.25, 0.3) is 0 Å². The van der Waals surface area contributed by atoms with Crippen LogP contribution in [0.15, 0.2) is 30.3 Å². The summed E-state index contributed by atoms with van der Waals surface area (Å²) in [4.78, 5) is 25.1. The zero-order valence-electron chi connectivity index (χ0n) is 17.8. The summed E-state index contributed by atoms with van der Waals surface area (Å²) in [6.45, 7) is 3.57. The van der Waals surface area contributed by atoms with Gasteiger partial charge in [0, 0.05) is 14.2 Å². The van der Waals surface area contributed by atoms with E-state index >= 15 is 0 Å². The van der Waals surface area contributed by atoms with E-state index in [9.17, 15) is 9.59 Å². The van der Waals surface area contributed by atoms with Gasteiger partial charge in [-0.25, -0.2) is 0 Å². The lowest BCUT2D eigenvalue weighted by Gasteiger charge is -2.31. The summed E-state index contributed by atoms with van der Waals surface area (Å²) < 4.78 is 33.5. The number of methoxy groups -OCH3 is 3. The summed E-state index contributed by atoms with van der Waals surface area (Å²) in [6.07, 6.45) is -3.35. The molecule has 9 heteroatoms. The molecule has 30 heavy (non-hydrogen) atoms. The molecule has 0 spiro atoms. The quantitative estimate of drug-likeness (QED) is 0.625. The van der Waals surface area contributed by atoms with Gasteiger partial charge in [-0.2, -0.15) is 0 Å². The molecule has 2 saturated heterocycles. The van der Waals surface area contributed by atoms with Crippen LogP contribution in [0.2, 0.25) is 0 Å². The van der Waals surface area contributed by atoms with Crippen LogP contribution in [0, 0.1) is 0 Å². The number of ether oxygens (including phenoxy) is 6. The largest absolute Gasteiger partial charge is 0.469 e. The van der Waals surface area contributed by atoms with Crippen LogP contribution in [0.4, 0.5) is 0 Å². The third-order valence-corrected chi connectivity index (χ3v) is 5.21. The zero-order valence-corrected chi connectivity index (χ0v) is 17.8. The lowest BCUT2D eigenvalue weighted by Crippen LogP contribution is -2.52. The van der Waals surface area contributed by atoms with Crippen LogP contribution in [-0.2, 0) is 38.0 Å². The Morgan fingerprint density at radius 2 is 1.83 bits per heavy atom. The Kier molecular flexibility index (Phi) is 7.10. The first kappa shape index (κ1) is 22.6. The molecular formula is C21H29NO8. The van der Waals surface area contributed by atoms with E-state index in [1.165, 1.54) is 21.3 Å². The molecule has 1 aromatic carbocycles.